The number of halogens is 1. The number of carbonyl (C=O) groups excluding carboxylic acids is 1. The third kappa shape index (κ3) is 5.21. The van der Waals surface area contributed by atoms with Crippen LogP contribution in [-0.2, 0) is 11.2 Å². The molecule has 1 saturated heterocycles. The summed E-state index contributed by atoms with van der Waals surface area (Å²) >= 11 is 0. The van der Waals surface area contributed by atoms with Gasteiger partial charge in [0, 0.05) is 61.4 Å². The molecule has 0 unspecified atom stereocenters. The lowest BCUT2D eigenvalue weighted by molar-refractivity contribution is -0.130. The molecule has 0 aliphatic carbocycles. The molecule has 0 aromatic carbocycles. The third-order valence-corrected chi connectivity index (χ3v) is 7.14. The number of hydrogen-bond donors (Lipinski definition) is 0. The van der Waals surface area contributed by atoms with Crippen molar-refractivity contribution in [3.05, 3.63) is 78.5 Å². The quantitative estimate of drug-likeness (QED) is 0.315. The molecule has 6 heterocycles. The second-order valence-electron chi connectivity index (χ2n) is 10.2. The van der Waals surface area contributed by atoms with Crippen molar-refractivity contribution in [2.75, 3.05) is 31.1 Å². The van der Waals surface area contributed by atoms with E-state index in [1.807, 2.05) is 23.0 Å². The van der Waals surface area contributed by atoms with Crippen molar-refractivity contribution >= 4 is 17.2 Å². The Morgan fingerprint density at radius 2 is 1.80 bits per heavy atom. The first-order chi connectivity index (χ1) is 19.9. The molecule has 41 heavy (non-hydrogen) atoms. The molecule has 206 valence electrons. The first-order valence-corrected chi connectivity index (χ1v) is 13.3. The molecule has 1 amide bonds. The Balaban J connectivity index is 1.20. The Kier molecular flexibility index (Phi) is 6.84. The van der Waals surface area contributed by atoms with E-state index in [-0.39, 0.29) is 18.4 Å². The molecule has 0 N–H and O–H groups in total. The molecule has 12 heteroatoms. The molecule has 0 bridgehead atoms. The number of fused-ring (bicyclic) bond motifs is 1. The lowest BCUT2D eigenvalue weighted by Crippen LogP contribution is -2.49. The van der Waals surface area contributed by atoms with Crippen LogP contribution >= 0.6 is 0 Å². The number of pyridine rings is 2. The Hall–Kier alpha value is -5.18. The maximum Gasteiger partial charge on any atom is 0.228 e. The number of nitrogens with zero attached hydrogens (tertiary/aromatic N) is 10. The van der Waals surface area contributed by atoms with Gasteiger partial charge in [0.25, 0.3) is 0 Å². The molecule has 11 nitrogen and oxygen atoms in total. The Bertz CT molecular complexity index is 1740. The normalized spacial score (nSPS) is 13.6. The standard InChI is InChI=1S/C29H27FN10O/c1-19(2)39-17-22(15-34-39)25-18-40-29(21(12-31)14-35-40)28(36-25)20-3-6-26(33-13-20)37-7-9-38(10-8-37)27(41)11-24-5-4-23(30)16-32-24/h3-6,13-19H,7-11H2,1-2H3. The maximum absolute atomic E-state index is 13.1. The lowest BCUT2D eigenvalue weighted by Gasteiger charge is -2.35. The summed E-state index contributed by atoms with van der Waals surface area (Å²) in [6.45, 7) is 6.49. The summed E-state index contributed by atoms with van der Waals surface area (Å²) in [5.74, 6) is 0.339. The fraction of sp³-hybridized carbons (Fsp3) is 0.276. The van der Waals surface area contributed by atoms with Crippen LogP contribution in [0.15, 0.2) is 61.4 Å². The van der Waals surface area contributed by atoms with E-state index >= 15 is 0 Å². The summed E-state index contributed by atoms with van der Waals surface area (Å²) < 4.78 is 16.7. The average Bonchev–Trinajstić information content (AvgIpc) is 3.66. The van der Waals surface area contributed by atoms with Crippen molar-refractivity contribution in [2.24, 2.45) is 0 Å². The summed E-state index contributed by atoms with van der Waals surface area (Å²) in [5.41, 5.74) is 4.50. The Morgan fingerprint density at radius 3 is 2.46 bits per heavy atom. The number of rotatable bonds is 6. The monoisotopic (exact) mass is 550 g/mol. The predicted octanol–water partition coefficient (Wildman–Crippen LogP) is 3.53. The van der Waals surface area contributed by atoms with Crippen LogP contribution in [0.2, 0.25) is 0 Å². The van der Waals surface area contributed by atoms with Gasteiger partial charge in [-0.05, 0) is 38.1 Å². The summed E-state index contributed by atoms with van der Waals surface area (Å²) in [6.07, 6.45) is 10.1. The number of amides is 1. The van der Waals surface area contributed by atoms with Crippen molar-refractivity contribution in [2.45, 2.75) is 26.3 Å². The van der Waals surface area contributed by atoms with Gasteiger partial charge in [0.05, 0.1) is 42.6 Å². The van der Waals surface area contributed by atoms with Crippen molar-refractivity contribution < 1.29 is 9.18 Å². The first-order valence-electron chi connectivity index (χ1n) is 13.3. The highest BCUT2D eigenvalue weighted by Crippen LogP contribution is 2.29. The van der Waals surface area contributed by atoms with E-state index in [1.54, 1.807) is 28.0 Å². The van der Waals surface area contributed by atoms with Crippen LogP contribution in [0.5, 0.6) is 0 Å². The molecule has 5 aromatic heterocycles. The highest BCUT2D eigenvalue weighted by Gasteiger charge is 2.23. The van der Waals surface area contributed by atoms with Crippen LogP contribution in [-0.4, -0.2) is 71.3 Å². The van der Waals surface area contributed by atoms with E-state index in [0.717, 1.165) is 23.1 Å². The highest BCUT2D eigenvalue weighted by atomic mass is 19.1. The molecule has 6 rings (SSSR count). The molecule has 0 radical (unpaired) electrons. The molecule has 5 aromatic rings. The van der Waals surface area contributed by atoms with Gasteiger partial charge in [-0.3, -0.25) is 14.5 Å². The van der Waals surface area contributed by atoms with Crippen molar-refractivity contribution in [1.82, 2.24) is 39.2 Å². The van der Waals surface area contributed by atoms with Gasteiger partial charge in [0.15, 0.2) is 0 Å². The molecule has 1 aliphatic rings. The van der Waals surface area contributed by atoms with Gasteiger partial charge in [-0.2, -0.15) is 15.5 Å². The zero-order chi connectivity index (χ0) is 28.5. The smallest absolute Gasteiger partial charge is 0.228 e. The van der Waals surface area contributed by atoms with Crippen LogP contribution in [0.25, 0.3) is 28.0 Å². The number of nitriles is 1. The number of piperazine rings is 1. The molecule has 0 spiro atoms. The minimum Gasteiger partial charge on any atom is -0.353 e. The van der Waals surface area contributed by atoms with Crippen LogP contribution in [0.1, 0.15) is 31.1 Å². The third-order valence-electron chi connectivity index (χ3n) is 7.14. The van der Waals surface area contributed by atoms with Gasteiger partial charge < -0.3 is 9.80 Å². The minimum atomic E-state index is -0.421. The number of anilines is 1. The van der Waals surface area contributed by atoms with Gasteiger partial charge in [0.2, 0.25) is 5.91 Å². The molecule has 1 aliphatic heterocycles. The van der Waals surface area contributed by atoms with Crippen LogP contribution in [0, 0.1) is 17.1 Å². The van der Waals surface area contributed by atoms with Gasteiger partial charge in [-0.15, -0.1) is 0 Å². The van der Waals surface area contributed by atoms with Crippen LogP contribution < -0.4 is 4.90 Å². The fourth-order valence-electron chi connectivity index (χ4n) is 4.87. The van der Waals surface area contributed by atoms with Crippen LogP contribution in [0.3, 0.4) is 0 Å². The Morgan fingerprint density at radius 1 is 0.976 bits per heavy atom. The molecule has 0 atom stereocenters. The summed E-state index contributed by atoms with van der Waals surface area (Å²) in [4.78, 5) is 30.3. The van der Waals surface area contributed by atoms with Gasteiger partial charge in [0.1, 0.15) is 28.8 Å². The second kappa shape index (κ2) is 10.8. The van der Waals surface area contributed by atoms with Gasteiger partial charge in [-0.1, -0.05) is 0 Å². The summed E-state index contributed by atoms with van der Waals surface area (Å²) in [5, 5.41) is 18.5. The Labute approximate surface area is 235 Å². The largest absolute Gasteiger partial charge is 0.353 e. The number of hydrogen-bond acceptors (Lipinski definition) is 8. The van der Waals surface area contributed by atoms with Crippen molar-refractivity contribution in [1.29, 1.82) is 5.26 Å². The van der Waals surface area contributed by atoms with E-state index in [2.05, 4.69) is 40.0 Å². The fourth-order valence-corrected chi connectivity index (χ4v) is 4.87. The maximum atomic E-state index is 13.1. The summed E-state index contributed by atoms with van der Waals surface area (Å²) in [6, 6.07) is 9.15. The van der Waals surface area contributed by atoms with E-state index in [1.165, 1.54) is 18.3 Å². The molecular formula is C29H27FN10O. The van der Waals surface area contributed by atoms with E-state index in [0.29, 0.717) is 54.3 Å². The number of carbonyl (C=O) groups is 1. The van der Waals surface area contributed by atoms with E-state index in [9.17, 15) is 14.4 Å². The first kappa shape index (κ1) is 26.1. The number of aromatic nitrogens is 7. The average molecular weight is 551 g/mol. The molecule has 1 fully saturated rings. The second-order valence-corrected chi connectivity index (χ2v) is 10.2. The minimum absolute atomic E-state index is 0.0323. The van der Waals surface area contributed by atoms with Gasteiger partial charge >= 0.3 is 0 Å². The van der Waals surface area contributed by atoms with Gasteiger partial charge in [-0.25, -0.2) is 18.9 Å². The van der Waals surface area contributed by atoms with Crippen molar-refractivity contribution in [3.63, 3.8) is 0 Å². The van der Waals surface area contributed by atoms with Crippen LogP contribution in [0.4, 0.5) is 10.2 Å². The molecule has 0 saturated carbocycles. The predicted molar refractivity (Wildman–Crippen MR) is 149 cm³/mol. The SMILES string of the molecule is CC(C)n1cc(-c2cn3ncc(C#N)c3c(-c3ccc(N4CCN(C(=O)Cc5ccc(F)cn5)CC4)nc3)n2)cn1. The zero-order valence-electron chi connectivity index (χ0n) is 22.6. The lowest BCUT2D eigenvalue weighted by atomic mass is 10.1. The zero-order valence-corrected chi connectivity index (χ0v) is 22.6. The molecular weight excluding hydrogens is 523 g/mol. The summed E-state index contributed by atoms with van der Waals surface area (Å²) in [7, 11) is 0. The highest BCUT2D eigenvalue weighted by molar-refractivity contribution is 5.83. The van der Waals surface area contributed by atoms with E-state index < -0.39 is 5.82 Å². The van der Waals surface area contributed by atoms with Crippen molar-refractivity contribution in [3.8, 4) is 28.6 Å². The van der Waals surface area contributed by atoms with E-state index in [4.69, 9.17) is 9.97 Å². The topological polar surface area (TPSA) is 121 Å².